The van der Waals surface area contributed by atoms with Crippen molar-refractivity contribution >= 4 is 44.7 Å². The third kappa shape index (κ3) is 3.19. The molecule has 1 N–H and O–H groups in total. The van der Waals surface area contributed by atoms with Gasteiger partial charge in [-0.1, -0.05) is 11.6 Å². The molecule has 2 heterocycles. The zero-order valence-electron chi connectivity index (χ0n) is 13.4. The first-order valence-electron chi connectivity index (χ1n) is 8.17. The van der Waals surface area contributed by atoms with Crippen LogP contribution in [0.1, 0.15) is 23.3 Å². The van der Waals surface area contributed by atoms with Gasteiger partial charge in [0.25, 0.3) is 5.56 Å². The lowest BCUT2D eigenvalue weighted by Gasteiger charge is -2.10. The Balaban J connectivity index is 1.61. The molecule has 0 atom stereocenters. The van der Waals surface area contributed by atoms with E-state index in [-0.39, 0.29) is 18.0 Å². The van der Waals surface area contributed by atoms with E-state index in [0.717, 1.165) is 36.1 Å². The van der Waals surface area contributed by atoms with Crippen molar-refractivity contribution in [3.8, 4) is 0 Å². The number of rotatable bonds is 3. The molecular formula is C18H16ClN3O2S. The normalized spacial score (nSPS) is 13.6. The Morgan fingerprint density at radius 1 is 1.24 bits per heavy atom. The lowest BCUT2D eigenvalue weighted by Crippen LogP contribution is -2.28. The van der Waals surface area contributed by atoms with Gasteiger partial charge in [-0.25, -0.2) is 4.98 Å². The van der Waals surface area contributed by atoms with Crippen LogP contribution in [0.15, 0.2) is 35.4 Å². The summed E-state index contributed by atoms with van der Waals surface area (Å²) < 4.78 is 1.38. The summed E-state index contributed by atoms with van der Waals surface area (Å²) in [6, 6.07) is 6.85. The van der Waals surface area contributed by atoms with E-state index in [1.54, 1.807) is 35.6 Å². The number of thiophene rings is 1. The summed E-state index contributed by atoms with van der Waals surface area (Å²) in [4.78, 5) is 31.5. The number of halogens is 1. The maximum atomic E-state index is 12.8. The van der Waals surface area contributed by atoms with Crippen LogP contribution in [0, 0.1) is 0 Å². The van der Waals surface area contributed by atoms with E-state index in [9.17, 15) is 9.59 Å². The van der Waals surface area contributed by atoms with E-state index >= 15 is 0 Å². The van der Waals surface area contributed by atoms with Crippen LogP contribution in [0.2, 0.25) is 5.02 Å². The molecule has 5 nitrogen and oxygen atoms in total. The van der Waals surface area contributed by atoms with E-state index in [0.29, 0.717) is 16.1 Å². The Bertz CT molecular complexity index is 1010. The third-order valence-electron chi connectivity index (χ3n) is 4.38. The minimum absolute atomic E-state index is 0.0605. The lowest BCUT2D eigenvalue weighted by molar-refractivity contribution is -0.116. The summed E-state index contributed by atoms with van der Waals surface area (Å²) in [5.41, 5.74) is 1.65. The molecule has 128 valence electrons. The molecule has 0 fully saturated rings. The van der Waals surface area contributed by atoms with Gasteiger partial charge in [0.05, 0.1) is 11.7 Å². The molecule has 1 amide bonds. The minimum atomic E-state index is -0.269. The molecule has 4 rings (SSSR count). The Labute approximate surface area is 153 Å². The monoisotopic (exact) mass is 373 g/mol. The molecule has 7 heteroatoms. The van der Waals surface area contributed by atoms with Crippen LogP contribution in [-0.4, -0.2) is 15.5 Å². The topological polar surface area (TPSA) is 64.0 Å². The number of carbonyl (C=O) groups excluding carboxylic acids is 1. The summed E-state index contributed by atoms with van der Waals surface area (Å²) in [6.45, 7) is -0.0605. The molecule has 0 saturated carbocycles. The van der Waals surface area contributed by atoms with E-state index in [4.69, 9.17) is 11.6 Å². The number of hydrogen-bond donors (Lipinski definition) is 1. The number of anilines is 1. The van der Waals surface area contributed by atoms with E-state index in [1.807, 2.05) is 0 Å². The van der Waals surface area contributed by atoms with Crippen LogP contribution < -0.4 is 10.9 Å². The molecule has 0 spiro atoms. The van der Waals surface area contributed by atoms with Gasteiger partial charge in [-0.15, -0.1) is 11.3 Å². The molecule has 3 aromatic rings. The number of hydrogen-bond acceptors (Lipinski definition) is 4. The fourth-order valence-corrected chi connectivity index (χ4v) is 4.53. The third-order valence-corrected chi connectivity index (χ3v) is 5.84. The van der Waals surface area contributed by atoms with Gasteiger partial charge in [0.2, 0.25) is 5.91 Å². The average molecular weight is 374 g/mol. The molecule has 1 aliphatic carbocycles. The molecule has 25 heavy (non-hydrogen) atoms. The minimum Gasteiger partial charge on any atom is -0.325 e. The number of fused-ring (bicyclic) bond motifs is 3. The van der Waals surface area contributed by atoms with Gasteiger partial charge in [0.15, 0.2) is 0 Å². The highest BCUT2D eigenvalue weighted by atomic mass is 35.5. The highest BCUT2D eigenvalue weighted by molar-refractivity contribution is 7.18. The van der Waals surface area contributed by atoms with Crippen molar-refractivity contribution in [2.45, 2.75) is 32.2 Å². The predicted molar refractivity (Wildman–Crippen MR) is 101 cm³/mol. The summed E-state index contributed by atoms with van der Waals surface area (Å²) in [6.07, 6.45) is 5.68. The number of benzene rings is 1. The fraction of sp³-hybridized carbons (Fsp3) is 0.278. The van der Waals surface area contributed by atoms with Gasteiger partial charge in [-0.2, -0.15) is 0 Å². The highest BCUT2D eigenvalue weighted by Gasteiger charge is 2.20. The highest BCUT2D eigenvalue weighted by Crippen LogP contribution is 2.33. The predicted octanol–water partition coefficient (Wildman–Crippen LogP) is 3.63. The second-order valence-corrected chi connectivity index (χ2v) is 7.64. The van der Waals surface area contributed by atoms with Crippen LogP contribution in [0.4, 0.5) is 5.69 Å². The van der Waals surface area contributed by atoms with Crippen molar-refractivity contribution in [3.05, 3.63) is 56.4 Å². The Kier molecular flexibility index (Phi) is 4.31. The molecule has 2 aromatic heterocycles. The number of nitrogens with zero attached hydrogens (tertiary/aromatic N) is 2. The van der Waals surface area contributed by atoms with E-state index < -0.39 is 0 Å². The summed E-state index contributed by atoms with van der Waals surface area (Å²) in [5.74, 6) is -0.269. The fourth-order valence-electron chi connectivity index (χ4n) is 3.18. The van der Waals surface area contributed by atoms with Crippen molar-refractivity contribution in [1.29, 1.82) is 0 Å². The second-order valence-electron chi connectivity index (χ2n) is 6.12. The number of nitrogens with one attached hydrogen (secondary N) is 1. The molecule has 0 aliphatic heterocycles. The van der Waals surface area contributed by atoms with Gasteiger partial charge in [-0.3, -0.25) is 14.2 Å². The summed E-state index contributed by atoms with van der Waals surface area (Å²) >= 11 is 7.44. The Morgan fingerprint density at radius 3 is 2.80 bits per heavy atom. The SMILES string of the molecule is O=C(Cn1cnc2sc3c(c2c1=O)CCCC3)Nc1ccc(Cl)cc1. The van der Waals surface area contributed by atoms with Gasteiger partial charge in [0.1, 0.15) is 11.4 Å². The molecule has 0 saturated heterocycles. The standard InChI is InChI=1S/C18H16ClN3O2S/c19-11-5-7-12(8-6-11)21-15(23)9-22-10-20-17-16(18(22)24)13-3-1-2-4-14(13)25-17/h5-8,10H,1-4,9H2,(H,21,23). The molecule has 0 unspecified atom stereocenters. The van der Waals surface area contributed by atoms with E-state index in [1.165, 1.54) is 15.8 Å². The van der Waals surface area contributed by atoms with Crippen molar-refractivity contribution in [2.24, 2.45) is 0 Å². The first-order valence-corrected chi connectivity index (χ1v) is 9.36. The number of amides is 1. The van der Waals surface area contributed by atoms with Crippen molar-refractivity contribution in [3.63, 3.8) is 0 Å². The second kappa shape index (κ2) is 6.61. The average Bonchev–Trinajstić information content (AvgIpc) is 2.99. The number of carbonyl (C=O) groups is 1. The van der Waals surface area contributed by atoms with Crippen molar-refractivity contribution in [2.75, 3.05) is 5.32 Å². The zero-order valence-corrected chi connectivity index (χ0v) is 15.0. The van der Waals surface area contributed by atoms with Crippen molar-refractivity contribution in [1.82, 2.24) is 9.55 Å². The van der Waals surface area contributed by atoms with Crippen LogP contribution in [0.25, 0.3) is 10.2 Å². The lowest BCUT2D eigenvalue weighted by atomic mass is 9.97. The zero-order chi connectivity index (χ0) is 17.4. The quantitative estimate of drug-likeness (QED) is 0.762. The number of aryl methyl sites for hydroxylation is 2. The Morgan fingerprint density at radius 2 is 2.00 bits per heavy atom. The largest absolute Gasteiger partial charge is 0.325 e. The molecule has 1 aliphatic rings. The van der Waals surface area contributed by atoms with Gasteiger partial charge < -0.3 is 5.32 Å². The van der Waals surface area contributed by atoms with Crippen molar-refractivity contribution < 1.29 is 4.79 Å². The first-order chi connectivity index (χ1) is 12.1. The molecule has 0 bridgehead atoms. The molecule has 1 aromatic carbocycles. The maximum absolute atomic E-state index is 12.8. The van der Waals surface area contributed by atoms with Gasteiger partial charge >= 0.3 is 0 Å². The molecule has 0 radical (unpaired) electrons. The van der Waals surface area contributed by atoms with Crippen LogP contribution >= 0.6 is 22.9 Å². The maximum Gasteiger partial charge on any atom is 0.262 e. The summed E-state index contributed by atoms with van der Waals surface area (Å²) in [5, 5.41) is 4.07. The first kappa shape index (κ1) is 16.3. The van der Waals surface area contributed by atoms with Gasteiger partial charge in [0, 0.05) is 15.6 Å². The summed E-state index contributed by atoms with van der Waals surface area (Å²) in [7, 11) is 0. The smallest absolute Gasteiger partial charge is 0.262 e. The van der Waals surface area contributed by atoms with Crippen LogP contribution in [-0.2, 0) is 24.2 Å². The number of aromatic nitrogens is 2. The Hall–Kier alpha value is -2.18. The molecular weight excluding hydrogens is 358 g/mol. The van der Waals surface area contributed by atoms with Gasteiger partial charge in [-0.05, 0) is 55.5 Å². The van der Waals surface area contributed by atoms with Crippen LogP contribution in [0.3, 0.4) is 0 Å². The van der Waals surface area contributed by atoms with Crippen LogP contribution in [0.5, 0.6) is 0 Å². The van der Waals surface area contributed by atoms with E-state index in [2.05, 4.69) is 10.3 Å².